The Kier molecular flexibility index (Phi) is 5.92. The summed E-state index contributed by atoms with van der Waals surface area (Å²) < 4.78 is 0. The molecule has 0 bridgehead atoms. The van der Waals surface area contributed by atoms with Crippen LogP contribution in [-0.2, 0) is 16.0 Å². The van der Waals surface area contributed by atoms with E-state index in [-0.39, 0.29) is 12.5 Å². The number of carboxylic acid groups (broad SMARTS) is 1. The average molecular weight is 311 g/mol. The first-order chi connectivity index (χ1) is 11.1. The zero-order valence-electron chi connectivity index (χ0n) is 13.2. The molecule has 0 aromatic heterocycles. The molecule has 0 aliphatic carbocycles. The molecule has 1 amide bonds. The second-order valence-electron chi connectivity index (χ2n) is 5.59. The molecule has 23 heavy (non-hydrogen) atoms. The summed E-state index contributed by atoms with van der Waals surface area (Å²) in [6.07, 6.45) is 1.00. The number of hydrogen-bond acceptors (Lipinski definition) is 2. The van der Waals surface area contributed by atoms with Crippen LogP contribution in [0.25, 0.3) is 0 Å². The number of amides is 1. The Morgan fingerprint density at radius 2 is 1.83 bits per heavy atom. The van der Waals surface area contributed by atoms with Crippen molar-refractivity contribution in [2.24, 2.45) is 0 Å². The van der Waals surface area contributed by atoms with E-state index in [9.17, 15) is 14.7 Å². The van der Waals surface area contributed by atoms with E-state index in [0.717, 1.165) is 11.1 Å². The van der Waals surface area contributed by atoms with E-state index in [4.69, 9.17) is 0 Å². The van der Waals surface area contributed by atoms with Crippen LogP contribution >= 0.6 is 0 Å². The third-order valence-corrected chi connectivity index (χ3v) is 3.73. The fourth-order valence-corrected chi connectivity index (χ4v) is 2.46. The molecule has 1 unspecified atom stereocenters. The van der Waals surface area contributed by atoms with Crippen molar-refractivity contribution in [3.05, 3.63) is 71.3 Å². The van der Waals surface area contributed by atoms with E-state index < -0.39 is 11.9 Å². The quantitative estimate of drug-likeness (QED) is 0.826. The van der Waals surface area contributed by atoms with Gasteiger partial charge in [-0.3, -0.25) is 9.59 Å². The number of carboxylic acids is 1. The van der Waals surface area contributed by atoms with Crippen LogP contribution in [0.2, 0.25) is 0 Å². The number of benzene rings is 2. The van der Waals surface area contributed by atoms with Crippen molar-refractivity contribution in [3.63, 3.8) is 0 Å². The summed E-state index contributed by atoms with van der Waals surface area (Å²) in [5, 5.41) is 12.1. The number of carbonyl (C=O) groups excluding carboxylic acids is 1. The summed E-state index contributed by atoms with van der Waals surface area (Å²) in [4.78, 5) is 23.3. The lowest BCUT2D eigenvalue weighted by Crippen LogP contribution is -2.31. The van der Waals surface area contributed by atoms with Crippen LogP contribution in [0.1, 0.15) is 29.0 Å². The lowest BCUT2D eigenvalue weighted by Gasteiger charge is -2.14. The standard InChI is InChI=1S/C19H21NO3/c1-14-6-5-7-15(12-14)10-11-18(21)20-13-17(19(22)23)16-8-3-2-4-9-16/h2-9,12,17H,10-11,13H2,1H3,(H,20,21)(H,22,23). The minimum atomic E-state index is -0.935. The average Bonchev–Trinajstić information content (AvgIpc) is 2.54. The van der Waals surface area contributed by atoms with Crippen LogP contribution < -0.4 is 5.32 Å². The lowest BCUT2D eigenvalue weighted by molar-refractivity contribution is -0.138. The minimum Gasteiger partial charge on any atom is -0.481 e. The largest absolute Gasteiger partial charge is 0.481 e. The van der Waals surface area contributed by atoms with Gasteiger partial charge in [-0.25, -0.2) is 0 Å². The third kappa shape index (κ3) is 5.25. The van der Waals surface area contributed by atoms with Gasteiger partial charge in [0.25, 0.3) is 0 Å². The third-order valence-electron chi connectivity index (χ3n) is 3.73. The highest BCUT2D eigenvalue weighted by Crippen LogP contribution is 2.15. The van der Waals surface area contributed by atoms with E-state index in [2.05, 4.69) is 11.4 Å². The van der Waals surface area contributed by atoms with Crippen molar-refractivity contribution in [3.8, 4) is 0 Å². The highest BCUT2D eigenvalue weighted by molar-refractivity contribution is 5.79. The summed E-state index contributed by atoms with van der Waals surface area (Å²) in [5.74, 6) is -1.79. The topological polar surface area (TPSA) is 66.4 Å². The van der Waals surface area contributed by atoms with Crippen molar-refractivity contribution in [1.29, 1.82) is 0 Å². The number of nitrogens with one attached hydrogen (secondary N) is 1. The predicted octanol–water partition coefficient (Wildman–Crippen LogP) is 2.91. The summed E-state index contributed by atoms with van der Waals surface area (Å²) in [6, 6.07) is 17.0. The Morgan fingerprint density at radius 3 is 2.48 bits per heavy atom. The summed E-state index contributed by atoms with van der Waals surface area (Å²) >= 11 is 0. The molecule has 2 N–H and O–H groups in total. The molecule has 0 saturated carbocycles. The van der Waals surface area contributed by atoms with E-state index in [1.165, 1.54) is 0 Å². The normalized spacial score (nSPS) is 11.7. The van der Waals surface area contributed by atoms with E-state index in [1.54, 1.807) is 24.3 Å². The number of aliphatic carboxylic acids is 1. The molecule has 120 valence electrons. The zero-order valence-corrected chi connectivity index (χ0v) is 13.2. The monoisotopic (exact) mass is 311 g/mol. The van der Waals surface area contributed by atoms with Crippen molar-refractivity contribution in [1.82, 2.24) is 5.32 Å². The van der Waals surface area contributed by atoms with Gasteiger partial charge in [0.15, 0.2) is 0 Å². The summed E-state index contributed by atoms with van der Waals surface area (Å²) in [5.41, 5.74) is 2.97. The number of hydrogen-bond donors (Lipinski definition) is 2. The van der Waals surface area contributed by atoms with Gasteiger partial charge in [0.1, 0.15) is 0 Å². The Hall–Kier alpha value is -2.62. The van der Waals surface area contributed by atoms with Crippen LogP contribution in [0.4, 0.5) is 0 Å². The number of carbonyl (C=O) groups is 2. The maximum Gasteiger partial charge on any atom is 0.312 e. The first-order valence-corrected chi connectivity index (χ1v) is 7.66. The molecule has 0 fully saturated rings. The van der Waals surface area contributed by atoms with Gasteiger partial charge in [-0.05, 0) is 24.5 Å². The van der Waals surface area contributed by atoms with Gasteiger partial charge in [0.05, 0.1) is 5.92 Å². The molecule has 0 aliphatic heterocycles. The Balaban J connectivity index is 1.86. The maximum atomic E-state index is 12.0. The highest BCUT2D eigenvalue weighted by atomic mass is 16.4. The van der Waals surface area contributed by atoms with Gasteiger partial charge in [-0.2, -0.15) is 0 Å². The predicted molar refractivity (Wildman–Crippen MR) is 89.3 cm³/mol. The second kappa shape index (κ2) is 8.13. The van der Waals surface area contributed by atoms with Gasteiger partial charge in [-0.1, -0.05) is 60.2 Å². The van der Waals surface area contributed by atoms with E-state index in [0.29, 0.717) is 18.4 Å². The van der Waals surface area contributed by atoms with Gasteiger partial charge >= 0.3 is 5.97 Å². The van der Waals surface area contributed by atoms with Crippen molar-refractivity contribution in [2.75, 3.05) is 6.54 Å². The summed E-state index contributed by atoms with van der Waals surface area (Å²) in [7, 11) is 0. The molecule has 0 aliphatic rings. The highest BCUT2D eigenvalue weighted by Gasteiger charge is 2.20. The molecule has 0 radical (unpaired) electrons. The molecule has 0 saturated heterocycles. The molecule has 2 aromatic carbocycles. The molecule has 0 spiro atoms. The van der Waals surface area contributed by atoms with Gasteiger partial charge in [0.2, 0.25) is 5.91 Å². The molecule has 0 heterocycles. The lowest BCUT2D eigenvalue weighted by atomic mass is 9.99. The van der Waals surface area contributed by atoms with E-state index >= 15 is 0 Å². The molecular weight excluding hydrogens is 290 g/mol. The fourth-order valence-electron chi connectivity index (χ4n) is 2.46. The van der Waals surface area contributed by atoms with Crippen LogP contribution in [0, 0.1) is 6.92 Å². The Labute approximate surface area is 136 Å². The van der Waals surface area contributed by atoms with Gasteiger partial charge in [0, 0.05) is 13.0 Å². The minimum absolute atomic E-state index is 0.103. The first-order valence-electron chi connectivity index (χ1n) is 7.66. The van der Waals surface area contributed by atoms with Gasteiger partial charge < -0.3 is 10.4 Å². The molecule has 1 atom stereocenters. The summed E-state index contributed by atoms with van der Waals surface area (Å²) in [6.45, 7) is 2.12. The maximum absolute atomic E-state index is 12.0. The molecule has 4 nitrogen and oxygen atoms in total. The Morgan fingerprint density at radius 1 is 1.09 bits per heavy atom. The molecule has 2 aromatic rings. The second-order valence-corrected chi connectivity index (χ2v) is 5.59. The SMILES string of the molecule is Cc1cccc(CCC(=O)NCC(C(=O)O)c2ccccc2)c1. The first kappa shape index (κ1) is 16.7. The van der Waals surface area contributed by atoms with Crippen molar-refractivity contribution < 1.29 is 14.7 Å². The van der Waals surface area contributed by atoms with Crippen LogP contribution in [0.5, 0.6) is 0 Å². The Bertz CT molecular complexity index is 667. The zero-order chi connectivity index (χ0) is 16.7. The number of aryl methyl sites for hydroxylation is 2. The van der Waals surface area contributed by atoms with Crippen LogP contribution in [-0.4, -0.2) is 23.5 Å². The molecule has 4 heteroatoms. The van der Waals surface area contributed by atoms with Crippen molar-refractivity contribution >= 4 is 11.9 Å². The van der Waals surface area contributed by atoms with E-state index in [1.807, 2.05) is 31.2 Å². The van der Waals surface area contributed by atoms with Crippen LogP contribution in [0.3, 0.4) is 0 Å². The van der Waals surface area contributed by atoms with Crippen LogP contribution in [0.15, 0.2) is 54.6 Å². The van der Waals surface area contributed by atoms with Gasteiger partial charge in [-0.15, -0.1) is 0 Å². The molecular formula is C19H21NO3. The smallest absolute Gasteiger partial charge is 0.312 e. The number of rotatable bonds is 7. The fraction of sp³-hybridized carbons (Fsp3) is 0.263. The molecule has 2 rings (SSSR count). The van der Waals surface area contributed by atoms with Crippen molar-refractivity contribution in [2.45, 2.75) is 25.7 Å².